The third-order valence-electron chi connectivity index (χ3n) is 3.51. The standard InChI is InChI=1S/C19H15ClN2O2/c1-24-18-7-5-17(6-8-18)22-19(23)15-9-14(11-21-12-15)13-3-2-4-16(20)10-13/h2-12H,1H3,(H,22,23). The number of benzene rings is 2. The zero-order valence-electron chi connectivity index (χ0n) is 13.0. The molecule has 1 amide bonds. The normalized spacial score (nSPS) is 10.2. The molecule has 0 bridgehead atoms. The Morgan fingerprint density at radius 3 is 2.54 bits per heavy atom. The van der Waals surface area contributed by atoms with Crippen LogP contribution in [0.2, 0.25) is 5.02 Å². The minimum atomic E-state index is -0.225. The summed E-state index contributed by atoms with van der Waals surface area (Å²) >= 11 is 6.02. The minimum Gasteiger partial charge on any atom is -0.497 e. The smallest absolute Gasteiger partial charge is 0.257 e. The molecule has 1 aromatic heterocycles. The van der Waals surface area contributed by atoms with Gasteiger partial charge in [0, 0.05) is 28.7 Å². The lowest BCUT2D eigenvalue weighted by atomic mass is 10.1. The fourth-order valence-electron chi connectivity index (χ4n) is 2.27. The lowest BCUT2D eigenvalue weighted by Gasteiger charge is -2.08. The molecule has 1 N–H and O–H groups in total. The summed E-state index contributed by atoms with van der Waals surface area (Å²) in [5.41, 5.74) is 2.91. The van der Waals surface area contributed by atoms with Gasteiger partial charge in [0.2, 0.25) is 0 Å². The van der Waals surface area contributed by atoms with Crippen LogP contribution in [-0.4, -0.2) is 18.0 Å². The van der Waals surface area contributed by atoms with E-state index in [0.717, 1.165) is 16.9 Å². The molecule has 0 fully saturated rings. The van der Waals surface area contributed by atoms with Gasteiger partial charge in [0.1, 0.15) is 5.75 Å². The summed E-state index contributed by atoms with van der Waals surface area (Å²) in [5.74, 6) is 0.508. The molecule has 3 aromatic rings. The van der Waals surface area contributed by atoms with Gasteiger partial charge in [-0.3, -0.25) is 9.78 Å². The lowest BCUT2D eigenvalue weighted by Crippen LogP contribution is -2.12. The van der Waals surface area contributed by atoms with Crippen molar-refractivity contribution in [2.45, 2.75) is 0 Å². The van der Waals surface area contributed by atoms with Gasteiger partial charge in [0.05, 0.1) is 12.7 Å². The number of carbonyl (C=O) groups is 1. The third kappa shape index (κ3) is 3.73. The highest BCUT2D eigenvalue weighted by Crippen LogP contribution is 2.23. The van der Waals surface area contributed by atoms with Crippen LogP contribution in [0.25, 0.3) is 11.1 Å². The van der Waals surface area contributed by atoms with Crippen molar-refractivity contribution in [1.29, 1.82) is 0 Å². The molecule has 4 nitrogen and oxygen atoms in total. The van der Waals surface area contributed by atoms with Crippen LogP contribution < -0.4 is 10.1 Å². The lowest BCUT2D eigenvalue weighted by molar-refractivity contribution is 0.102. The SMILES string of the molecule is COc1ccc(NC(=O)c2cncc(-c3cccc(Cl)c3)c2)cc1. The molecule has 2 aromatic carbocycles. The Bertz CT molecular complexity index is 863. The van der Waals surface area contributed by atoms with E-state index in [1.165, 1.54) is 6.20 Å². The zero-order valence-corrected chi connectivity index (χ0v) is 13.7. The quantitative estimate of drug-likeness (QED) is 0.752. The maximum absolute atomic E-state index is 12.4. The average molecular weight is 339 g/mol. The van der Waals surface area contributed by atoms with E-state index in [1.807, 2.05) is 18.2 Å². The Labute approximate surface area is 145 Å². The van der Waals surface area contributed by atoms with Crippen LogP contribution in [0.3, 0.4) is 0 Å². The van der Waals surface area contributed by atoms with Crippen LogP contribution >= 0.6 is 11.6 Å². The first-order valence-corrected chi connectivity index (χ1v) is 7.70. The number of pyridine rings is 1. The molecule has 0 spiro atoms. The van der Waals surface area contributed by atoms with Crippen molar-refractivity contribution in [2.75, 3.05) is 12.4 Å². The van der Waals surface area contributed by atoms with Crippen LogP contribution in [-0.2, 0) is 0 Å². The van der Waals surface area contributed by atoms with Gasteiger partial charge in [-0.1, -0.05) is 23.7 Å². The summed E-state index contributed by atoms with van der Waals surface area (Å²) in [6.07, 6.45) is 3.24. The Hall–Kier alpha value is -2.85. The second-order valence-corrected chi connectivity index (χ2v) is 5.59. The predicted molar refractivity (Wildman–Crippen MR) is 95.6 cm³/mol. The fourth-order valence-corrected chi connectivity index (χ4v) is 2.46. The van der Waals surface area contributed by atoms with Crippen molar-refractivity contribution in [3.05, 3.63) is 77.6 Å². The van der Waals surface area contributed by atoms with E-state index in [1.54, 1.807) is 49.7 Å². The first-order valence-electron chi connectivity index (χ1n) is 7.32. The van der Waals surface area contributed by atoms with Crippen LogP contribution in [0.4, 0.5) is 5.69 Å². The zero-order chi connectivity index (χ0) is 16.9. The molecule has 1 heterocycles. The highest BCUT2D eigenvalue weighted by Gasteiger charge is 2.09. The number of methoxy groups -OCH3 is 1. The molecule has 3 rings (SSSR count). The van der Waals surface area contributed by atoms with Crippen LogP contribution in [0, 0.1) is 0 Å². The molecule has 0 atom stereocenters. The number of hydrogen-bond acceptors (Lipinski definition) is 3. The summed E-state index contributed by atoms with van der Waals surface area (Å²) in [6.45, 7) is 0. The first-order chi connectivity index (χ1) is 11.7. The van der Waals surface area contributed by atoms with Crippen molar-refractivity contribution < 1.29 is 9.53 Å². The first kappa shape index (κ1) is 16.0. The molecule has 5 heteroatoms. The number of anilines is 1. The van der Waals surface area contributed by atoms with E-state index < -0.39 is 0 Å². The van der Waals surface area contributed by atoms with Gasteiger partial charge in [0.15, 0.2) is 0 Å². The van der Waals surface area contributed by atoms with E-state index in [0.29, 0.717) is 16.3 Å². The predicted octanol–water partition coefficient (Wildman–Crippen LogP) is 4.66. The summed E-state index contributed by atoms with van der Waals surface area (Å²) in [5, 5.41) is 3.48. The number of ether oxygens (including phenoxy) is 1. The largest absolute Gasteiger partial charge is 0.497 e. The van der Waals surface area contributed by atoms with Gasteiger partial charge in [0.25, 0.3) is 5.91 Å². The number of aromatic nitrogens is 1. The van der Waals surface area contributed by atoms with E-state index in [9.17, 15) is 4.79 Å². The van der Waals surface area contributed by atoms with E-state index >= 15 is 0 Å². The van der Waals surface area contributed by atoms with Crippen LogP contribution in [0.5, 0.6) is 5.75 Å². The monoisotopic (exact) mass is 338 g/mol. The Morgan fingerprint density at radius 2 is 1.83 bits per heavy atom. The molecule has 24 heavy (non-hydrogen) atoms. The fraction of sp³-hybridized carbons (Fsp3) is 0.0526. The molecule has 0 aliphatic heterocycles. The van der Waals surface area contributed by atoms with Gasteiger partial charge >= 0.3 is 0 Å². The Morgan fingerprint density at radius 1 is 1.04 bits per heavy atom. The van der Waals surface area contributed by atoms with Gasteiger partial charge in [-0.2, -0.15) is 0 Å². The Kier molecular flexibility index (Phi) is 4.77. The maximum atomic E-state index is 12.4. The second-order valence-electron chi connectivity index (χ2n) is 5.16. The molecular formula is C19H15ClN2O2. The number of nitrogens with one attached hydrogen (secondary N) is 1. The summed E-state index contributed by atoms with van der Waals surface area (Å²) < 4.78 is 5.10. The van der Waals surface area contributed by atoms with Crippen molar-refractivity contribution in [2.24, 2.45) is 0 Å². The second kappa shape index (κ2) is 7.15. The number of halogens is 1. The molecule has 0 saturated carbocycles. The summed E-state index contributed by atoms with van der Waals surface area (Å²) in [7, 11) is 1.60. The average Bonchev–Trinajstić information content (AvgIpc) is 2.62. The van der Waals surface area contributed by atoms with Gasteiger partial charge in [-0.25, -0.2) is 0 Å². The Balaban J connectivity index is 1.81. The number of rotatable bonds is 4. The number of nitrogens with zero attached hydrogens (tertiary/aromatic N) is 1. The highest BCUT2D eigenvalue weighted by molar-refractivity contribution is 6.30. The molecule has 0 saturated heterocycles. The van der Waals surface area contributed by atoms with Gasteiger partial charge < -0.3 is 10.1 Å². The van der Waals surface area contributed by atoms with Crippen molar-refractivity contribution in [1.82, 2.24) is 4.98 Å². The summed E-state index contributed by atoms with van der Waals surface area (Å²) in [6, 6.07) is 16.4. The minimum absolute atomic E-state index is 0.225. The van der Waals surface area contributed by atoms with Gasteiger partial charge in [-0.15, -0.1) is 0 Å². The highest BCUT2D eigenvalue weighted by atomic mass is 35.5. The molecule has 0 radical (unpaired) electrons. The van der Waals surface area contributed by atoms with Gasteiger partial charge in [-0.05, 0) is 48.0 Å². The van der Waals surface area contributed by atoms with E-state index in [4.69, 9.17) is 16.3 Å². The van der Waals surface area contributed by atoms with Crippen LogP contribution in [0.15, 0.2) is 67.0 Å². The molecule has 120 valence electrons. The van der Waals surface area contributed by atoms with Crippen molar-refractivity contribution >= 4 is 23.2 Å². The number of amides is 1. The molecular weight excluding hydrogens is 324 g/mol. The van der Waals surface area contributed by atoms with E-state index in [-0.39, 0.29) is 5.91 Å². The molecule has 0 unspecified atom stereocenters. The maximum Gasteiger partial charge on any atom is 0.257 e. The number of hydrogen-bond donors (Lipinski definition) is 1. The third-order valence-corrected chi connectivity index (χ3v) is 3.74. The topological polar surface area (TPSA) is 51.2 Å². The van der Waals surface area contributed by atoms with Crippen LogP contribution in [0.1, 0.15) is 10.4 Å². The molecule has 0 aliphatic carbocycles. The van der Waals surface area contributed by atoms with Crippen molar-refractivity contribution in [3.8, 4) is 16.9 Å². The van der Waals surface area contributed by atoms with E-state index in [2.05, 4.69) is 10.3 Å². The van der Waals surface area contributed by atoms with Crippen molar-refractivity contribution in [3.63, 3.8) is 0 Å². The molecule has 0 aliphatic rings. The number of carbonyl (C=O) groups excluding carboxylic acids is 1. The summed E-state index contributed by atoms with van der Waals surface area (Å²) in [4.78, 5) is 16.6.